The first-order valence-corrected chi connectivity index (χ1v) is 3.57. The summed E-state index contributed by atoms with van der Waals surface area (Å²) >= 11 is 5.63. The number of primary amides is 1. The van der Waals surface area contributed by atoms with Gasteiger partial charge in [0.05, 0.1) is 0 Å². The number of rotatable bonds is 1. The Hall–Kier alpha value is -1.29. The molecule has 1 rings (SSSR count). The summed E-state index contributed by atoms with van der Waals surface area (Å²) in [7, 11) is 0. The van der Waals surface area contributed by atoms with Gasteiger partial charge in [0.15, 0.2) is 10.9 Å². The Balaban J connectivity index is 3.04. The summed E-state index contributed by atoms with van der Waals surface area (Å²) in [6.45, 7) is 1.74. The van der Waals surface area contributed by atoms with Crippen molar-refractivity contribution in [3.05, 3.63) is 23.0 Å². The van der Waals surface area contributed by atoms with E-state index in [0.717, 1.165) is 0 Å². The molecule has 4 nitrogen and oxygen atoms in total. The highest BCUT2D eigenvalue weighted by molar-refractivity contribution is 6.31. The molecule has 1 amide bonds. The van der Waals surface area contributed by atoms with Crippen molar-refractivity contribution in [3.8, 4) is 5.75 Å². The van der Waals surface area contributed by atoms with Crippen LogP contribution in [0.3, 0.4) is 0 Å². The number of nitrogens with zero attached hydrogens (tertiary/aromatic N) is 1. The van der Waals surface area contributed by atoms with Gasteiger partial charge in [-0.3, -0.25) is 0 Å². The molecule has 0 radical (unpaired) electrons. The quantitative estimate of drug-likeness (QED) is 0.676. The van der Waals surface area contributed by atoms with Gasteiger partial charge in [-0.15, -0.1) is 0 Å². The Labute approximate surface area is 74.3 Å². The minimum atomic E-state index is -0.895. The number of carbonyl (C=O) groups is 1. The average molecular weight is 187 g/mol. The van der Waals surface area contributed by atoms with E-state index in [9.17, 15) is 4.79 Å². The first kappa shape index (κ1) is 8.80. The molecular formula is C7H7ClN2O2. The van der Waals surface area contributed by atoms with Crippen molar-refractivity contribution in [1.29, 1.82) is 0 Å². The maximum absolute atomic E-state index is 10.4. The molecule has 0 bridgehead atoms. The van der Waals surface area contributed by atoms with Gasteiger partial charge in [-0.2, -0.15) is 0 Å². The van der Waals surface area contributed by atoms with Crippen LogP contribution in [0, 0.1) is 6.92 Å². The van der Waals surface area contributed by atoms with E-state index in [-0.39, 0.29) is 10.9 Å². The van der Waals surface area contributed by atoms with Gasteiger partial charge in [-0.05, 0) is 18.6 Å². The van der Waals surface area contributed by atoms with E-state index in [1.165, 1.54) is 6.20 Å². The van der Waals surface area contributed by atoms with Crippen LogP contribution in [0.25, 0.3) is 0 Å². The maximum atomic E-state index is 10.4. The van der Waals surface area contributed by atoms with E-state index in [1.54, 1.807) is 13.0 Å². The predicted molar refractivity (Wildman–Crippen MR) is 44.2 cm³/mol. The zero-order chi connectivity index (χ0) is 9.14. The molecule has 12 heavy (non-hydrogen) atoms. The fourth-order valence-electron chi connectivity index (χ4n) is 0.735. The lowest BCUT2D eigenvalue weighted by Crippen LogP contribution is -2.17. The zero-order valence-corrected chi connectivity index (χ0v) is 7.13. The normalized spacial score (nSPS) is 9.50. The van der Waals surface area contributed by atoms with E-state index in [0.29, 0.717) is 5.56 Å². The molecular weight excluding hydrogens is 180 g/mol. The van der Waals surface area contributed by atoms with Gasteiger partial charge < -0.3 is 10.5 Å². The molecule has 0 fully saturated rings. The number of aryl methyl sites for hydroxylation is 1. The molecule has 5 heteroatoms. The summed E-state index contributed by atoms with van der Waals surface area (Å²) < 4.78 is 4.62. The number of amides is 1. The number of halogens is 1. The van der Waals surface area contributed by atoms with Gasteiger partial charge >= 0.3 is 6.09 Å². The van der Waals surface area contributed by atoms with Crippen LogP contribution in [0.5, 0.6) is 5.75 Å². The summed E-state index contributed by atoms with van der Waals surface area (Å²) in [6.07, 6.45) is 0.624. The highest BCUT2D eigenvalue weighted by atomic mass is 35.5. The summed E-state index contributed by atoms with van der Waals surface area (Å²) in [6, 6.07) is 1.67. The van der Waals surface area contributed by atoms with Crippen LogP contribution in [0.15, 0.2) is 12.3 Å². The van der Waals surface area contributed by atoms with Gasteiger partial charge in [-0.25, -0.2) is 9.78 Å². The van der Waals surface area contributed by atoms with Gasteiger partial charge in [0.2, 0.25) is 0 Å². The second-order valence-corrected chi connectivity index (χ2v) is 2.53. The fraction of sp³-hybridized carbons (Fsp3) is 0.143. The van der Waals surface area contributed by atoms with Crippen molar-refractivity contribution >= 4 is 17.7 Å². The van der Waals surface area contributed by atoms with Gasteiger partial charge in [0.1, 0.15) is 0 Å². The average Bonchev–Trinajstić information content (AvgIpc) is 1.97. The van der Waals surface area contributed by atoms with Crippen LogP contribution in [0.1, 0.15) is 5.56 Å². The van der Waals surface area contributed by atoms with Crippen molar-refractivity contribution in [3.63, 3.8) is 0 Å². The molecule has 64 valence electrons. The predicted octanol–water partition coefficient (Wildman–Crippen LogP) is 1.50. The number of hydrogen-bond acceptors (Lipinski definition) is 3. The fourth-order valence-corrected chi connectivity index (χ4v) is 0.979. The Morgan fingerprint density at radius 3 is 2.92 bits per heavy atom. The highest BCUT2D eigenvalue weighted by Crippen LogP contribution is 2.25. The summed E-state index contributed by atoms with van der Waals surface area (Å²) in [5.74, 6) is 0.215. The van der Waals surface area contributed by atoms with Crippen LogP contribution in [0.4, 0.5) is 4.79 Å². The Morgan fingerprint density at radius 2 is 2.42 bits per heavy atom. The van der Waals surface area contributed by atoms with Crippen LogP contribution < -0.4 is 10.5 Å². The lowest BCUT2D eigenvalue weighted by Gasteiger charge is -2.04. The number of hydrogen-bond donors (Lipinski definition) is 1. The second-order valence-electron chi connectivity index (χ2n) is 2.17. The minimum Gasteiger partial charge on any atom is -0.407 e. The molecule has 0 aromatic carbocycles. The standard InChI is InChI=1S/C7H7ClN2O2/c1-4-2-3-10-6(8)5(4)12-7(9)11/h2-3H,1H3,(H2,9,11). The Bertz CT molecular complexity index is 294. The molecule has 2 N–H and O–H groups in total. The molecule has 0 spiro atoms. The third-order valence-corrected chi connectivity index (χ3v) is 1.53. The number of aromatic nitrogens is 1. The lowest BCUT2D eigenvalue weighted by atomic mass is 10.3. The smallest absolute Gasteiger partial charge is 0.407 e. The van der Waals surface area contributed by atoms with E-state index in [1.807, 2.05) is 0 Å². The number of nitrogens with two attached hydrogens (primary N) is 1. The van der Waals surface area contributed by atoms with Gasteiger partial charge in [-0.1, -0.05) is 11.6 Å². The number of carbonyl (C=O) groups excluding carboxylic acids is 1. The monoisotopic (exact) mass is 186 g/mol. The largest absolute Gasteiger partial charge is 0.410 e. The van der Waals surface area contributed by atoms with E-state index in [2.05, 4.69) is 9.72 Å². The summed E-state index contributed by atoms with van der Waals surface area (Å²) in [5.41, 5.74) is 5.53. The number of ether oxygens (including phenoxy) is 1. The third kappa shape index (κ3) is 1.85. The van der Waals surface area contributed by atoms with E-state index in [4.69, 9.17) is 17.3 Å². The van der Waals surface area contributed by atoms with Crippen LogP contribution >= 0.6 is 11.6 Å². The van der Waals surface area contributed by atoms with E-state index >= 15 is 0 Å². The lowest BCUT2D eigenvalue weighted by molar-refractivity contribution is 0.210. The molecule has 0 atom stereocenters. The van der Waals surface area contributed by atoms with Crippen LogP contribution in [-0.2, 0) is 0 Å². The molecule has 1 aromatic heterocycles. The molecule has 0 saturated heterocycles. The first-order valence-electron chi connectivity index (χ1n) is 3.19. The maximum Gasteiger partial charge on any atom is 0.410 e. The number of pyridine rings is 1. The van der Waals surface area contributed by atoms with Crippen LogP contribution in [-0.4, -0.2) is 11.1 Å². The van der Waals surface area contributed by atoms with Crippen molar-refractivity contribution in [2.24, 2.45) is 5.73 Å². The van der Waals surface area contributed by atoms with Crippen molar-refractivity contribution in [2.45, 2.75) is 6.92 Å². The molecule has 0 aliphatic carbocycles. The summed E-state index contributed by atoms with van der Waals surface area (Å²) in [5, 5.41) is 0.133. The molecule has 0 aliphatic rings. The summed E-state index contributed by atoms with van der Waals surface area (Å²) in [4.78, 5) is 14.1. The third-order valence-electron chi connectivity index (χ3n) is 1.26. The minimum absolute atomic E-state index is 0.133. The molecule has 0 aliphatic heterocycles. The molecule has 0 saturated carbocycles. The zero-order valence-electron chi connectivity index (χ0n) is 6.37. The molecule has 1 aromatic rings. The first-order chi connectivity index (χ1) is 5.61. The van der Waals surface area contributed by atoms with Gasteiger partial charge in [0, 0.05) is 6.20 Å². The van der Waals surface area contributed by atoms with Gasteiger partial charge in [0.25, 0.3) is 0 Å². The van der Waals surface area contributed by atoms with Crippen molar-refractivity contribution in [2.75, 3.05) is 0 Å². The SMILES string of the molecule is Cc1ccnc(Cl)c1OC(N)=O. The molecule has 0 unspecified atom stereocenters. The Kier molecular flexibility index (Phi) is 2.50. The van der Waals surface area contributed by atoms with Crippen molar-refractivity contribution < 1.29 is 9.53 Å². The molecule has 1 heterocycles. The highest BCUT2D eigenvalue weighted by Gasteiger charge is 2.08. The second kappa shape index (κ2) is 3.40. The topological polar surface area (TPSA) is 65.2 Å². The van der Waals surface area contributed by atoms with Crippen LogP contribution in [0.2, 0.25) is 5.15 Å². The van der Waals surface area contributed by atoms with E-state index < -0.39 is 6.09 Å². The Morgan fingerprint density at radius 1 is 1.75 bits per heavy atom. The van der Waals surface area contributed by atoms with Crippen molar-refractivity contribution in [1.82, 2.24) is 4.98 Å².